The molecule has 0 bridgehead atoms. The fraction of sp³-hybridized carbons (Fsp3) is 0.816. The molecule has 9 N–H and O–H groups in total. The normalized spacial score (nSPS) is 31.1. The van der Waals surface area contributed by atoms with Crippen LogP contribution in [0.15, 0.2) is 36.5 Å². The maximum Gasteiger partial charge on any atom is 0.220 e. The summed E-state index contributed by atoms with van der Waals surface area (Å²) < 4.78 is 22.4. The molecule has 52 heavy (non-hydrogen) atoms. The van der Waals surface area contributed by atoms with E-state index in [0.29, 0.717) is 6.42 Å². The van der Waals surface area contributed by atoms with Gasteiger partial charge in [0.1, 0.15) is 48.8 Å². The lowest BCUT2D eigenvalue weighted by atomic mass is 9.97. The molecule has 302 valence electrons. The van der Waals surface area contributed by atoms with Crippen molar-refractivity contribution >= 4 is 5.91 Å². The van der Waals surface area contributed by atoms with Crippen LogP contribution in [0.1, 0.15) is 104 Å². The standard InChI is InChI=1S/C38H67NO13/c1-3-5-7-9-10-11-12-13-14-15-16-17-18-20-22-30(43)39-26(27(42)21-19-8-6-4-2)25-49-37-35(48)33(46)36(29(24-41)51-37)52-38-34(47)32(45)31(44)28(23-40)50-38/h9-10,12-13,19,21,26-29,31-38,40-42,44-48H,3-8,11,14-18,20,22-25H2,1-2H3,(H,39,43)/b10-9-,13-12-,21-19+. The summed E-state index contributed by atoms with van der Waals surface area (Å²) in [6, 6.07) is -0.915. The number of rotatable bonds is 26. The van der Waals surface area contributed by atoms with Crippen LogP contribution in [-0.2, 0) is 23.7 Å². The number of carbonyl (C=O) groups is 1. The summed E-state index contributed by atoms with van der Waals surface area (Å²) >= 11 is 0. The molecular weight excluding hydrogens is 678 g/mol. The number of hydrogen-bond donors (Lipinski definition) is 9. The first-order chi connectivity index (χ1) is 25.1. The second-order valence-electron chi connectivity index (χ2n) is 13.7. The quantitative estimate of drug-likeness (QED) is 0.0454. The lowest BCUT2D eigenvalue weighted by molar-refractivity contribution is -0.359. The Bertz CT molecular complexity index is 1020. The van der Waals surface area contributed by atoms with Gasteiger partial charge in [0.2, 0.25) is 5.91 Å². The Morgan fingerprint density at radius 1 is 0.692 bits per heavy atom. The van der Waals surface area contributed by atoms with Crippen LogP contribution in [-0.4, -0.2) is 140 Å². The van der Waals surface area contributed by atoms with Gasteiger partial charge in [-0.1, -0.05) is 95.2 Å². The van der Waals surface area contributed by atoms with Crippen LogP contribution in [0.5, 0.6) is 0 Å². The zero-order valence-electron chi connectivity index (χ0n) is 31.0. The third-order valence-corrected chi connectivity index (χ3v) is 9.32. The second-order valence-corrected chi connectivity index (χ2v) is 13.7. The van der Waals surface area contributed by atoms with Crippen molar-refractivity contribution in [3.8, 4) is 0 Å². The van der Waals surface area contributed by atoms with Gasteiger partial charge in [-0.25, -0.2) is 0 Å². The molecule has 1 amide bonds. The van der Waals surface area contributed by atoms with Gasteiger partial charge in [-0.2, -0.15) is 0 Å². The van der Waals surface area contributed by atoms with Crippen LogP contribution < -0.4 is 5.32 Å². The highest BCUT2D eigenvalue weighted by atomic mass is 16.7. The van der Waals surface area contributed by atoms with Gasteiger partial charge < -0.3 is 65.1 Å². The Labute approximate surface area is 309 Å². The number of amides is 1. The molecule has 0 spiro atoms. The molecule has 12 unspecified atom stereocenters. The van der Waals surface area contributed by atoms with E-state index in [-0.39, 0.29) is 18.9 Å². The van der Waals surface area contributed by atoms with Gasteiger partial charge in [-0.05, 0) is 38.5 Å². The summed E-state index contributed by atoms with van der Waals surface area (Å²) in [5, 5.41) is 85.5. The lowest BCUT2D eigenvalue weighted by Gasteiger charge is -2.46. The molecule has 0 aromatic rings. The van der Waals surface area contributed by atoms with Crippen LogP contribution in [0.4, 0.5) is 0 Å². The van der Waals surface area contributed by atoms with Gasteiger partial charge in [-0.15, -0.1) is 0 Å². The van der Waals surface area contributed by atoms with Gasteiger partial charge in [0.05, 0.1) is 32.0 Å². The second kappa shape index (κ2) is 26.9. The Balaban J connectivity index is 1.88. The molecule has 2 aliphatic rings. The van der Waals surface area contributed by atoms with Crippen molar-refractivity contribution < 1.29 is 64.6 Å². The van der Waals surface area contributed by atoms with E-state index in [1.54, 1.807) is 6.08 Å². The summed E-state index contributed by atoms with van der Waals surface area (Å²) in [6.45, 7) is 2.51. The molecule has 2 heterocycles. The minimum Gasteiger partial charge on any atom is -0.394 e. The van der Waals surface area contributed by atoms with Crippen molar-refractivity contribution in [3.05, 3.63) is 36.5 Å². The minimum atomic E-state index is -1.79. The summed E-state index contributed by atoms with van der Waals surface area (Å²) in [5.41, 5.74) is 0. The van der Waals surface area contributed by atoms with Gasteiger partial charge in [0.25, 0.3) is 0 Å². The molecule has 0 aliphatic carbocycles. The van der Waals surface area contributed by atoms with Crippen molar-refractivity contribution in [1.29, 1.82) is 0 Å². The summed E-state index contributed by atoms with van der Waals surface area (Å²) in [4.78, 5) is 12.9. The molecule has 2 fully saturated rings. The molecule has 0 aromatic carbocycles. The Kier molecular flexibility index (Phi) is 24.0. The minimum absolute atomic E-state index is 0.262. The zero-order valence-corrected chi connectivity index (χ0v) is 31.0. The molecular formula is C38H67NO13. The van der Waals surface area contributed by atoms with Crippen LogP contribution >= 0.6 is 0 Å². The predicted molar refractivity (Wildman–Crippen MR) is 194 cm³/mol. The van der Waals surface area contributed by atoms with Crippen molar-refractivity contribution in [1.82, 2.24) is 5.32 Å². The molecule has 12 atom stereocenters. The maximum atomic E-state index is 12.9. The van der Waals surface area contributed by atoms with Crippen LogP contribution in [0, 0.1) is 0 Å². The molecule has 0 saturated carbocycles. The number of aliphatic hydroxyl groups is 8. The first kappa shape index (κ1) is 46.4. The Hall–Kier alpha value is -1.79. The van der Waals surface area contributed by atoms with Gasteiger partial charge in [0.15, 0.2) is 12.6 Å². The number of allylic oxidation sites excluding steroid dienone is 5. The highest BCUT2D eigenvalue weighted by Gasteiger charge is 2.50. The molecule has 0 radical (unpaired) electrons. The monoisotopic (exact) mass is 745 g/mol. The highest BCUT2D eigenvalue weighted by Crippen LogP contribution is 2.29. The van der Waals surface area contributed by atoms with E-state index in [9.17, 15) is 45.6 Å². The SMILES string of the molecule is CCCC/C=C\C/C=C\CCCCCCCC(=O)NC(COC1OC(CO)C(OC2OC(CO)C(O)C(O)C2O)C(O)C1O)C(O)/C=C/CCCC. The first-order valence-electron chi connectivity index (χ1n) is 19.2. The van der Waals surface area contributed by atoms with E-state index in [0.717, 1.165) is 64.2 Å². The first-order valence-corrected chi connectivity index (χ1v) is 19.2. The van der Waals surface area contributed by atoms with Gasteiger partial charge in [0, 0.05) is 6.42 Å². The van der Waals surface area contributed by atoms with Crippen LogP contribution in [0.3, 0.4) is 0 Å². The fourth-order valence-electron chi connectivity index (χ4n) is 5.99. The van der Waals surface area contributed by atoms with Gasteiger partial charge in [-0.3, -0.25) is 4.79 Å². The predicted octanol–water partition coefficient (Wildman–Crippen LogP) is 1.64. The van der Waals surface area contributed by atoms with Crippen LogP contribution in [0.25, 0.3) is 0 Å². The number of carbonyl (C=O) groups excluding carboxylic acids is 1. The van der Waals surface area contributed by atoms with E-state index in [1.165, 1.54) is 12.8 Å². The molecule has 2 rings (SSSR count). The average molecular weight is 746 g/mol. The van der Waals surface area contributed by atoms with Crippen molar-refractivity contribution in [3.63, 3.8) is 0 Å². The average Bonchev–Trinajstić information content (AvgIpc) is 3.14. The smallest absolute Gasteiger partial charge is 0.220 e. The maximum absolute atomic E-state index is 12.9. The summed E-state index contributed by atoms with van der Waals surface area (Å²) in [6.07, 6.45) is 8.55. The van der Waals surface area contributed by atoms with Crippen molar-refractivity contribution in [2.75, 3.05) is 19.8 Å². The van der Waals surface area contributed by atoms with Crippen molar-refractivity contribution in [2.24, 2.45) is 0 Å². The highest BCUT2D eigenvalue weighted by molar-refractivity contribution is 5.76. The topological polar surface area (TPSA) is 228 Å². The summed E-state index contributed by atoms with van der Waals surface area (Å²) in [5.74, 6) is -0.268. The largest absolute Gasteiger partial charge is 0.394 e. The fourth-order valence-corrected chi connectivity index (χ4v) is 5.99. The lowest BCUT2D eigenvalue weighted by Crippen LogP contribution is -2.65. The van der Waals surface area contributed by atoms with E-state index in [2.05, 4.69) is 43.5 Å². The van der Waals surface area contributed by atoms with E-state index in [4.69, 9.17) is 18.9 Å². The molecule has 0 aromatic heterocycles. The summed E-state index contributed by atoms with van der Waals surface area (Å²) in [7, 11) is 0. The molecule has 14 heteroatoms. The number of nitrogens with one attached hydrogen (secondary N) is 1. The Morgan fingerprint density at radius 3 is 1.92 bits per heavy atom. The van der Waals surface area contributed by atoms with Crippen LogP contribution in [0.2, 0.25) is 0 Å². The third kappa shape index (κ3) is 16.3. The number of ether oxygens (including phenoxy) is 4. The number of aliphatic hydroxyl groups excluding tert-OH is 8. The third-order valence-electron chi connectivity index (χ3n) is 9.32. The zero-order chi connectivity index (χ0) is 38.3. The van der Waals surface area contributed by atoms with E-state index >= 15 is 0 Å². The van der Waals surface area contributed by atoms with Crippen molar-refractivity contribution in [2.45, 2.75) is 177 Å². The van der Waals surface area contributed by atoms with E-state index in [1.807, 2.05) is 6.08 Å². The molecule has 2 aliphatic heterocycles. The molecule has 2 saturated heterocycles. The van der Waals surface area contributed by atoms with Gasteiger partial charge >= 0.3 is 0 Å². The number of unbranched alkanes of at least 4 members (excludes halogenated alkanes) is 9. The number of hydrogen-bond acceptors (Lipinski definition) is 13. The van der Waals surface area contributed by atoms with E-state index < -0.39 is 86.8 Å². The Morgan fingerprint density at radius 2 is 1.27 bits per heavy atom. The molecule has 14 nitrogen and oxygen atoms in total.